The number of piperazine rings is 1. The minimum atomic E-state index is -0.302. The van der Waals surface area contributed by atoms with Crippen molar-refractivity contribution in [3.8, 4) is 0 Å². The van der Waals surface area contributed by atoms with Crippen molar-refractivity contribution in [1.29, 1.82) is 0 Å². The second-order valence-electron chi connectivity index (χ2n) is 6.19. The van der Waals surface area contributed by atoms with Gasteiger partial charge in [-0.25, -0.2) is 9.48 Å². The fraction of sp³-hybridized carbons (Fsp3) is 0.278. The Morgan fingerprint density at radius 1 is 1.04 bits per heavy atom. The van der Waals surface area contributed by atoms with Gasteiger partial charge in [0.15, 0.2) is 5.65 Å². The number of amides is 1. The van der Waals surface area contributed by atoms with E-state index in [2.05, 4.69) is 10.00 Å². The predicted molar refractivity (Wildman–Crippen MR) is 99.7 cm³/mol. The molecule has 7 nitrogen and oxygen atoms in total. The highest BCUT2D eigenvalue weighted by Gasteiger charge is 2.23. The van der Waals surface area contributed by atoms with Crippen LogP contribution in [0, 0.1) is 0 Å². The van der Waals surface area contributed by atoms with E-state index in [1.165, 1.54) is 9.08 Å². The molecule has 0 unspecified atom stereocenters. The Labute approximate surface area is 155 Å². The summed E-state index contributed by atoms with van der Waals surface area (Å²) in [6, 6.07) is 13.0. The number of rotatable bonds is 3. The molecule has 1 amide bonds. The van der Waals surface area contributed by atoms with Gasteiger partial charge in [-0.05, 0) is 24.3 Å². The van der Waals surface area contributed by atoms with E-state index in [0.717, 1.165) is 5.69 Å². The molecule has 1 saturated heterocycles. The quantitative estimate of drug-likeness (QED) is 0.700. The van der Waals surface area contributed by atoms with Gasteiger partial charge in [-0.3, -0.25) is 9.20 Å². The molecule has 0 spiro atoms. The molecule has 0 saturated carbocycles. The second-order valence-corrected chi connectivity index (χ2v) is 6.60. The molecule has 1 aliphatic rings. The lowest BCUT2D eigenvalue weighted by Gasteiger charge is -2.36. The maximum atomic E-state index is 12.6. The first-order valence-corrected chi connectivity index (χ1v) is 8.83. The van der Waals surface area contributed by atoms with E-state index < -0.39 is 0 Å². The standard InChI is InChI=1S/C18H18ClN5O2/c19-14-5-1-2-6-15(14)21-9-11-22(12-10-21)17(25)13-24-18(26)23-8-4-3-7-16(23)20-24/h1-8H,9-13H2. The maximum absolute atomic E-state index is 12.6. The van der Waals surface area contributed by atoms with Crippen molar-refractivity contribution in [2.24, 2.45) is 0 Å². The molecule has 8 heteroatoms. The van der Waals surface area contributed by atoms with Crippen molar-refractivity contribution in [1.82, 2.24) is 19.1 Å². The summed E-state index contributed by atoms with van der Waals surface area (Å²) in [7, 11) is 0. The Morgan fingerprint density at radius 3 is 2.50 bits per heavy atom. The van der Waals surface area contributed by atoms with Gasteiger partial charge >= 0.3 is 5.69 Å². The number of anilines is 1. The first-order chi connectivity index (χ1) is 12.6. The van der Waals surface area contributed by atoms with Crippen LogP contribution in [0.2, 0.25) is 5.02 Å². The highest BCUT2D eigenvalue weighted by Crippen LogP contribution is 2.26. The lowest BCUT2D eigenvalue weighted by molar-refractivity contribution is -0.132. The Morgan fingerprint density at radius 2 is 1.77 bits per heavy atom. The molecule has 0 atom stereocenters. The molecule has 1 aromatic carbocycles. The van der Waals surface area contributed by atoms with Gasteiger partial charge in [0.05, 0.1) is 10.7 Å². The van der Waals surface area contributed by atoms with Crippen molar-refractivity contribution in [2.45, 2.75) is 6.54 Å². The third kappa shape index (κ3) is 3.06. The average molecular weight is 372 g/mol. The first kappa shape index (κ1) is 16.7. The normalized spacial score (nSPS) is 14.8. The highest BCUT2D eigenvalue weighted by molar-refractivity contribution is 6.33. The SMILES string of the molecule is O=C(Cn1nc2ccccn2c1=O)N1CCN(c2ccccc2Cl)CC1. The summed E-state index contributed by atoms with van der Waals surface area (Å²) in [5.41, 5.74) is 1.22. The number of fused-ring (bicyclic) bond motifs is 1. The molecule has 1 fully saturated rings. The molecule has 1 aliphatic heterocycles. The summed E-state index contributed by atoms with van der Waals surface area (Å²) < 4.78 is 2.65. The number of aromatic nitrogens is 3. The van der Waals surface area contributed by atoms with E-state index in [1.807, 2.05) is 30.3 Å². The van der Waals surface area contributed by atoms with Crippen LogP contribution in [0.25, 0.3) is 5.65 Å². The molecule has 3 heterocycles. The topological polar surface area (TPSA) is 62.9 Å². The lowest BCUT2D eigenvalue weighted by atomic mass is 10.2. The smallest absolute Gasteiger partial charge is 0.350 e. The zero-order valence-corrected chi connectivity index (χ0v) is 14.8. The van der Waals surface area contributed by atoms with Crippen LogP contribution in [-0.2, 0) is 11.3 Å². The number of carbonyl (C=O) groups excluding carboxylic acids is 1. The van der Waals surface area contributed by atoms with E-state index in [4.69, 9.17) is 11.6 Å². The van der Waals surface area contributed by atoms with Crippen LogP contribution >= 0.6 is 11.6 Å². The Kier molecular flexibility index (Phi) is 4.38. The summed E-state index contributed by atoms with van der Waals surface area (Å²) in [6.07, 6.45) is 1.65. The second kappa shape index (κ2) is 6.84. The molecular formula is C18H18ClN5O2. The summed E-state index contributed by atoms with van der Waals surface area (Å²) >= 11 is 6.25. The van der Waals surface area contributed by atoms with Gasteiger partial charge in [-0.1, -0.05) is 29.8 Å². The predicted octanol–water partition coefficient (Wildman–Crippen LogP) is 1.50. The van der Waals surface area contributed by atoms with Gasteiger partial charge in [0, 0.05) is 32.4 Å². The lowest BCUT2D eigenvalue weighted by Crippen LogP contribution is -2.50. The molecule has 134 valence electrons. The fourth-order valence-electron chi connectivity index (χ4n) is 3.20. The molecule has 26 heavy (non-hydrogen) atoms. The third-order valence-electron chi connectivity index (χ3n) is 4.60. The van der Waals surface area contributed by atoms with Crippen LogP contribution in [0.3, 0.4) is 0 Å². The van der Waals surface area contributed by atoms with Crippen LogP contribution < -0.4 is 10.6 Å². The van der Waals surface area contributed by atoms with Gasteiger partial charge in [-0.15, -0.1) is 5.10 Å². The van der Waals surface area contributed by atoms with E-state index in [1.54, 1.807) is 23.2 Å². The van der Waals surface area contributed by atoms with Gasteiger partial charge in [0.2, 0.25) is 5.91 Å². The third-order valence-corrected chi connectivity index (χ3v) is 4.92. The maximum Gasteiger partial charge on any atom is 0.350 e. The van der Waals surface area contributed by atoms with Crippen molar-refractivity contribution in [2.75, 3.05) is 31.1 Å². The molecular weight excluding hydrogens is 354 g/mol. The van der Waals surface area contributed by atoms with Crippen LogP contribution in [0.15, 0.2) is 53.5 Å². The summed E-state index contributed by atoms with van der Waals surface area (Å²) in [5.74, 6) is -0.102. The Hall–Kier alpha value is -2.80. The van der Waals surface area contributed by atoms with Crippen LogP contribution in [0.5, 0.6) is 0 Å². The monoisotopic (exact) mass is 371 g/mol. The molecule has 0 N–H and O–H groups in total. The van der Waals surface area contributed by atoms with E-state index in [0.29, 0.717) is 36.8 Å². The van der Waals surface area contributed by atoms with Crippen LogP contribution in [0.1, 0.15) is 0 Å². The minimum absolute atomic E-state index is 0.0490. The summed E-state index contributed by atoms with van der Waals surface area (Å²) in [5, 5.41) is 4.92. The molecule has 2 aromatic heterocycles. The molecule has 0 aliphatic carbocycles. The van der Waals surface area contributed by atoms with Crippen LogP contribution in [-0.4, -0.2) is 51.2 Å². The summed E-state index contributed by atoms with van der Waals surface area (Å²) in [4.78, 5) is 28.8. The van der Waals surface area contributed by atoms with Crippen molar-refractivity contribution < 1.29 is 4.79 Å². The number of halogens is 1. The van der Waals surface area contributed by atoms with E-state index in [9.17, 15) is 9.59 Å². The first-order valence-electron chi connectivity index (χ1n) is 8.45. The van der Waals surface area contributed by atoms with Crippen molar-refractivity contribution >= 4 is 28.8 Å². The zero-order chi connectivity index (χ0) is 18.1. The van der Waals surface area contributed by atoms with Crippen LogP contribution in [0.4, 0.5) is 5.69 Å². The number of hydrogen-bond donors (Lipinski definition) is 0. The zero-order valence-electron chi connectivity index (χ0n) is 14.1. The number of benzene rings is 1. The fourth-order valence-corrected chi connectivity index (χ4v) is 3.46. The number of carbonyl (C=O) groups is 1. The van der Waals surface area contributed by atoms with Crippen molar-refractivity contribution in [3.63, 3.8) is 0 Å². The Balaban J connectivity index is 1.43. The minimum Gasteiger partial charge on any atom is -0.367 e. The number of nitrogens with zero attached hydrogens (tertiary/aromatic N) is 5. The number of pyridine rings is 1. The molecule has 0 radical (unpaired) electrons. The van der Waals surface area contributed by atoms with E-state index in [-0.39, 0.29) is 18.1 Å². The highest BCUT2D eigenvalue weighted by atomic mass is 35.5. The molecule has 4 rings (SSSR count). The van der Waals surface area contributed by atoms with Crippen molar-refractivity contribution in [3.05, 3.63) is 64.2 Å². The Bertz CT molecular complexity index is 1000. The molecule has 3 aromatic rings. The van der Waals surface area contributed by atoms with Gasteiger partial charge < -0.3 is 9.80 Å². The number of para-hydroxylation sites is 1. The summed E-state index contributed by atoms with van der Waals surface area (Å²) in [6.45, 7) is 2.54. The van der Waals surface area contributed by atoms with Gasteiger partial charge in [0.1, 0.15) is 6.54 Å². The number of hydrogen-bond acceptors (Lipinski definition) is 4. The van der Waals surface area contributed by atoms with E-state index >= 15 is 0 Å². The average Bonchev–Trinajstić information content (AvgIpc) is 2.98. The largest absolute Gasteiger partial charge is 0.367 e. The van der Waals surface area contributed by atoms with Gasteiger partial charge in [-0.2, -0.15) is 0 Å². The molecule has 0 bridgehead atoms. The van der Waals surface area contributed by atoms with Gasteiger partial charge in [0.25, 0.3) is 0 Å².